The average Bonchev–Trinajstić information content (AvgIpc) is 2.27. The van der Waals surface area contributed by atoms with Crippen molar-refractivity contribution in [3.8, 4) is 11.1 Å². The van der Waals surface area contributed by atoms with Gasteiger partial charge in [-0.2, -0.15) is 17.6 Å². The van der Waals surface area contributed by atoms with Crippen molar-refractivity contribution >= 4 is 0 Å². The summed E-state index contributed by atoms with van der Waals surface area (Å²) in [5.74, 6) is -1.89. The molecule has 0 unspecified atom stereocenters. The Morgan fingerprint density at radius 3 is 2.22 bits per heavy atom. The highest BCUT2D eigenvalue weighted by Crippen LogP contribution is 2.30. The molecule has 1 heterocycles. The molecule has 94 valence electrons. The van der Waals surface area contributed by atoms with Crippen LogP contribution in [0, 0.1) is 11.8 Å². The predicted octanol–water partition coefficient (Wildman–Crippen LogP) is 4.05. The Labute approximate surface area is 98.9 Å². The summed E-state index contributed by atoms with van der Waals surface area (Å²) in [4.78, 5) is 2.84. The van der Waals surface area contributed by atoms with Crippen LogP contribution in [-0.4, -0.2) is 4.98 Å². The first-order valence-corrected chi connectivity index (χ1v) is 4.87. The molecule has 0 saturated carbocycles. The van der Waals surface area contributed by atoms with Crippen molar-refractivity contribution in [3.63, 3.8) is 0 Å². The van der Waals surface area contributed by atoms with Gasteiger partial charge < -0.3 is 0 Å². The largest absolute Gasteiger partial charge is 0.433 e. The first-order valence-electron chi connectivity index (χ1n) is 4.87. The molecule has 0 radical (unpaired) electrons. The van der Waals surface area contributed by atoms with Crippen LogP contribution in [0.4, 0.5) is 22.0 Å². The number of hydrogen-bond acceptors (Lipinski definition) is 1. The maximum atomic E-state index is 13.5. The Hall–Kier alpha value is -1.98. The summed E-state index contributed by atoms with van der Waals surface area (Å²) in [5, 5.41) is 0. The van der Waals surface area contributed by atoms with Gasteiger partial charge in [0.15, 0.2) is 0 Å². The molecule has 0 spiro atoms. The van der Waals surface area contributed by atoms with E-state index in [9.17, 15) is 22.0 Å². The Morgan fingerprint density at radius 2 is 1.67 bits per heavy atom. The van der Waals surface area contributed by atoms with Gasteiger partial charge in [-0.05, 0) is 29.8 Å². The Kier molecular flexibility index (Phi) is 3.02. The third-order valence-electron chi connectivity index (χ3n) is 2.27. The SMILES string of the molecule is Fc1cccc(-c2ccc(C(F)(F)F)nc2F)c1. The highest BCUT2D eigenvalue weighted by Gasteiger charge is 2.33. The lowest BCUT2D eigenvalue weighted by atomic mass is 10.1. The summed E-state index contributed by atoms with van der Waals surface area (Å²) >= 11 is 0. The molecule has 6 heteroatoms. The molecule has 18 heavy (non-hydrogen) atoms. The van der Waals surface area contributed by atoms with E-state index in [4.69, 9.17) is 0 Å². The number of benzene rings is 1. The number of nitrogens with zero attached hydrogens (tertiary/aromatic N) is 1. The minimum absolute atomic E-state index is 0.133. The molecular formula is C12H6F5N. The molecular weight excluding hydrogens is 253 g/mol. The molecule has 1 nitrogen and oxygen atoms in total. The molecule has 0 aliphatic carbocycles. The van der Waals surface area contributed by atoms with Crippen molar-refractivity contribution in [1.82, 2.24) is 4.98 Å². The second-order valence-electron chi connectivity index (χ2n) is 3.54. The minimum atomic E-state index is -4.71. The summed E-state index contributed by atoms with van der Waals surface area (Å²) < 4.78 is 63.2. The summed E-state index contributed by atoms with van der Waals surface area (Å²) in [7, 11) is 0. The topological polar surface area (TPSA) is 12.9 Å². The Balaban J connectivity index is 2.48. The van der Waals surface area contributed by atoms with Crippen molar-refractivity contribution < 1.29 is 22.0 Å². The Morgan fingerprint density at radius 1 is 0.944 bits per heavy atom. The third-order valence-corrected chi connectivity index (χ3v) is 2.27. The van der Waals surface area contributed by atoms with E-state index in [1.54, 1.807) is 0 Å². The van der Waals surface area contributed by atoms with Crippen LogP contribution in [0.15, 0.2) is 36.4 Å². The van der Waals surface area contributed by atoms with Gasteiger partial charge in [0.05, 0.1) is 0 Å². The van der Waals surface area contributed by atoms with E-state index in [-0.39, 0.29) is 11.1 Å². The van der Waals surface area contributed by atoms with Gasteiger partial charge in [-0.3, -0.25) is 0 Å². The second kappa shape index (κ2) is 4.36. The molecule has 0 aliphatic rings. The molecule has 0 atom stereocenters. The van der Waals surface area contributed by atoms with Crippen molar-refractivity contribution in [2.24, 2.45) is 0 Å². The quantitative estimate of drug-likeness (QED) is 0.556. The summed E-state index contributed by atoms with van der Waals surface area (Å²) in [6.45, 7) is 0. The molecule has 0 N–H and O–H groups in total. The molecule has 0 saturated heterocycles. The first kappa shape index (κ1) is 12.5. The summed E-state index contributed by atoms with van der Waals surface area (Å²) in [6.07, 6.45) is -4.71. The standard InChI is InChI=1S/C12H6F5N/c13-8-3-1-2-7(6-8)9-4-5-10(12(15,16)17)18-11(9)14/h1-6H. The van der Waals surface area contributed by atoms with E-state index in [1.807, 2.05) is 0 Å². The smallest absolute Gasteiger partial charge is 0.215 e. The number of alkyl halides is 3. The molecule has 2 aromatic rings. The van der Waals surface area contributed by atoms with Crippen molar-refractivity contribution in [2.75, 3.05) is 0 Å². The third kappa shape index (κ3) is 2.47. The molecule has 0 bridgehead atoms. The first-order chi connectivity index (χ1) is 8.38. The van der Waals surface area contributed by atoms with E-state index in [2.05, 4.69) is 4.98 Å². The van der Waals surface area contributed by atoms with Gasteiger partial charge >= 0.3 is 6.18 Å². The molecule has 1 aromatic heterocycles. The molecule has 0 fully saturated rings. The monoisotopic (exact) mass is 259 g/mol. The van der Waals surface area contributed by atoms with Gasteiger partial charge in [-0.1, -0.05) is 12.1 Å². The van der Waals surface area contributed by atoms with Crippen LogP contribution in [0.5, 0.6) is 0 Å². The van der Waals surface area contributed by atoms with E-state index in [1.165, 1.54) is 12.1 Å². The van der Waals surface area contributed by atoms with Crippen LogP contribution in [0.3, 0.4) is 0 Å². The fourth-order valence-electron chi connectivity index (χ4n) is 1.46. The number of hydrogen-bond donors (Lipinski definition) is 0. The van der Waals surface area contributed by atoms with Crippen molar-refractivity contribution in [2.45, 2.75) is 6.18 Å². The maximum absolute atomic E-state index is 13.5. The Bertz CT molecular complexity index is 577. The van der Waals surface area contributed by atoms with Crippen LogP contribution < -0.4 is 0 Å². The highest BCUT2D eigenvalue weighted by molar-refractivity contribution is 5.63. The van der Waals surface area contributed by atoms with Gasteiger partial charge in [-0.25, -0.2) is 9.37 Å². The van der Waals surface area contributed by atoms with Crippen LogP contribution in [0.25, 0.3) is 11.1 Å². The lowest BCUT2D eigenvalue weighted by Gasteiger charge is -2.08. The average molecular weight is 259 g/mol. The zero-order valence-corrected chi connectivity index (χ0v) is 8.80. The fourth-order valence-corrected chi connectivity index (χ4v) is 1.46. The van der Waals surface area contributed by atoms with Gasteiger partial charge in [0.2, 0.25) is 5.95 Å². The molecule has 0 aliphatic heterocycles. The molecule has 0 amide bonds. The normalized spacial score (nSPS) is 11.6. The summed E-state index contributed by atoms with van der Waals surface area (Å²) in [5.41, 5.74) is -1.36. The van der Waals surface area contributed by atoms with Gasteiger partial charge in [0.25, 0.3) is 0 Å². The lowest BCUT2D eigenvalue weighted by Crippen LogP contribution is -2.09. The highest BCUT2D eigenvalue weighted by atomic mass is 19.4. The van der Waals surface area contributed by atoms with Gasteiger partial charge in [0.1, 0.15) is 11.5 Å². The molecule has 2 rings (SSSR count). The van der Waals surface area contributed by atoms with Crippen molar-refractivity contribution in [3.05, 3.63) is 53.9 Å². The van der Waals surface area contributed by atoms with Gasteiger partial charge in [-0.15, -0.1) is 0 Å². The zero-order valence-electron chi connectivity index (χ0n) is 8.80. The van der Waals surface area contributed by atoms with Crippen LogP contribution in [-0.2, 0) is 6.18 Å². The number of pyridine rings is 1. The maximum Gasteiger partial charge on any atom is 0.433 e. The van der Waals surface area contributed by atoms with Crippen LogP contribution >= 0.6 is 0 Å². The predicted molar refractivity (Wildman–Crippen MR) is 54.6 cm³/mol. The molecule has 1 aromatic carbocycles. The van der Waals surface area contributed by atoms with Crippen molar-refractivity contribution in [1.29, 1.82) is 0 Å². The van der Waals surface area contributed by atoms with E-state index >= 15 is 0 Å². The van der Waals surface area contributed by atoms with E-state index in [0.717, 1.165) is 18.2 Å². The van der Waals surface area contributed by atoms with E-state index in [0.29, 0.717) is 6.07 Å². The number of aromatic nitrogens is 1. The fraction of sp³-hybridized carbons (Fsp3) is 0.0833. The minimum Gasteiger partial charge on any atom is -0.215 e. The van der Waals surface area contributed by atoms with Gasteiger partial charge in [0, 0.05) is 5.56 Å². The number of halogens is 5. The second-order valence-corrected chi connectivity index (χ2v) is 3.54. The number of rotatable bonds is 1. The van der Waals surface area contributed by atoms with E-state index < -0.39 is 23.6 Å². The van der Waals surface area contributed by atoms with Crippen LogP contribution in [0.1, 0.15) is 5.69 Å². The zero-order chi connectivity index (χ0) is 13.3. The lowest BCUT2D eigenvalue weighted by molar-refractivity contribution is -0.141. The summed E-state index contributed by atoms with van der Waals surface area (Å²) in [6, 6.07) is 6.48. The van der Waals surface area contributed by atoms with Crippen LogP contribution in [0.2, 0.25) is 0 Å².